The Hall–Kier alpha value is -1.63. The second-order valence-corrected chi connectivity index (χ2v) is 3.15. The highest BCUT2D eigenvalue weighted by Gasteiger charge is 2.25. The van der Waals surface area contributed by atoms with Crippen LogP contribution < -0.4 is 0 Å². The number of esters is 1. The highest BCUT2D eigenvalue weighted by Crippen LogP contribution is 2.24. The quantitative estimate of drug-likeness (QED) is 0.507. The molecule has 94 valence electrons. The first-order valence-electron chi connectivity index (χ1n) is 4.48. The number of rotatable bonds is 3. The number of halogens is 4. The fourth-order valence-electron chi connectivity index (χ4n) is 1.16. The number of ether oxygens (including phenoxy) is 1. The highest BCUT2D eigenvalue weighted by molar-refractivity contribution is 5.65. The monoisotopic (exact) mass is 252 g/mol. The van der Waals surface area contributed by atoms with Crippen LogP contribution >= 0.6 is 0 Å². The van der Waals surface area contributed by atoms with Crippen molar-refractivity contribution in [1.82, 2.24) is 0 Å². The molecule has 1 aromatic carbocycles. The largest absolute Gasteiger partial charge is 0.461 e. The zero-order chi connectivity index (χ0) is 13.2. The summed E-state index contributed by atoms with van der Waals surface area (Å²) in [6, 6.07) is 0. The summed E-state index contributed by atoms with van der Waals surface area (Å²) in [5, 5.41) is 8.56. The molecule has 3 nitrogen and oxygen atoms in total. The molecular formula is C10H8F4O3. The van der Waals surface area contributed by atoms with Gasteiger partial charge in [-0.3, -0.25) is 4.79 Å². The SMILES string of the molecule is CC(=O)OCc1c(F)c(F)c(CO)c(F)c1F. The molecule has 0 aromatic heterocycles. The Morgan fingerprint density at radius 1 is 1.06 bits per heavy atom. The van der Waals surface area contributed by atoms with E-state index in [1.54, 1.807) is 0 Å². The third-order valence-electron chi connectivity index (χ3n) is 2.02. The average Bonchev–Trinajstić information content (AvgIpc) is 2.27. The van der Waals surface area contributed by atoms with Gasteiger partial charge in [0.2, 0.25) is 0 Å². The lowest BCUT2D eigenvalue weighted by Gasteiger charge is -2.10. The predicted molar refractivity (Wildman–Crippen MR) is 47.7 cm³/mol. The summed E-state index contributed by atoms with van der Waals surface area (Å²) in [5.41, 5.74) is -2.14. The van der Waals surface area contributed by atoms with Crippen LogP contribution in [0.4, 0.5) is 17.6 Å². The molecule has 0 saturated carbocycles. The van der Waals surface area contributed by atoms with E-state index >= 15 is 0 Å². The standard InChI is InChI=1S/C10H8F4O3/c1-4(16)17-3-6-9(13)7(11)5(2-15)8(12)10(6)14/h15H,2-3H2,1H3. The van der Waals surface area contributed by atoms with Crippen LogP contribution in [-0.2, 0) is 22.7 Å². The van der Waals surface area contributed by atoms with Crippen molar-refractivity contribution in [2.24, 2.45) is 0 Å². The maximum Gasteiger partial charge on any atom is 0.302 e. The van der Waals surface area contributed by atoms with Gasteiger partial charge in [0.15, 0.2) is 23.3 Å². The Morgan fingerprint density at radius 3 is 1.82 bits per heavy atom. The first-order valence-corrected chi connectivity index (χ1v) is 4.48. The number of hydrogen-bond donors (Lipinski definition) is 1. The fourth-order valence-corrected chi connectivity index (χ4v) is 1.16. The van der Waals surface area contributed by atoms with Crippen LogP contribution in [0.1, 0.15) is 18.1 Å². The Kier molecular flexibility index (Phi) is 4.06. The van der Waals surface area contributed by atoms with Gasteiger partial charge in [-0.1, -0.05) is 0 Å². The third kappa shape index (κ3) is 2.55. The van der Waals surface area contributed by atoms with E-state index in [0.717, 1.165) is 6.92 Å². The van der Waals surface area contributed by atoms with Gasteiger partial charge in [0.1, 0.15) is 6.61 Å². The van der Waals surface area contributed by atoms with Gasteiger partial charge in [-0.25, -0.2) is 17.6 Å². The normalized spacial score (nSPS) is 10.5. The van der Waals surface area contributed by atoms with Gasteiger partial charge in [0.25, 0.3) is 0 Å². The molecule has 0 saturated heterocycles. The molecule has 0 bridgehead atoms. The molecule has 0 spiro atoms. The van der Waals surface area contributed by atoms with Crippen molar-refractivity contribution in [3.63, 3.8) is 0 Å². The first kappa shape index (κ1) is 13.4. The number of carbonyl (C=O) groups is 1. The third-order valence-corrected chi connectivity index (χ3v) is 2.02. The van der Waals surface area contributed by atoms with E-state index in [4.69, 9.17) is 5.11 Å². The number of benzene rings is 1. The Bertz CT molecular complexity index is 430. The van der Waals surface area contributed by atoms with Crippen LogP contribution in [0.5, 0.6) is 0 Å². The van der Waals surface area contributed by atoms with Crippen molar-refractivity contribution < 1.29 is 32.2 Å². The summed E-state index contributed by atoms with van der Waals surface area (Å²) in [7, 11) is 0. The molecule has 0 fully saturated rings. The molecule has 0 aliphatic carbocycles. The summed E-state index contributed by atoms with van der Waals surface area (Å²) in [4.78, 5) is 10.4. The molecule has 1 aromatic rings. The lowest BCUT2D eigenvalue weighted by Crippen LogP contribution is -2.11. The molecule has 17 heavy (non-hydrogen) atoms. The summed E-state index contributed by atoms with van der Waals surface area (Å²) >= 11 is 0. The summed E-state index contributed by atoms with van der Waals surface area (Å²) in [5.74, 6) is -7.62. The smallest absolute Gasteiger partial charge is 0.302 e. The summed E-state index contributed by atoms with van der Waals surface area (Å²) in [6.45, 7) is -1.13. The second kappa shape index (κ2) is 5.13. The lowest BCUT2D eigenvalue weighted by molar-refractivity contribution is -0.142. The van der Waals surface area contributed by atoms with Gasteiger partial charge in [-0.15, -0.1) is 0 Å². The number of hydrogen-bond acceptors (Lipinski definition) is 3. The van der Waals surface area contributed by atoms with Crippen molar-refractivity contribution in [1.29, 1.82) is 0 Å². The van der Waals surface area contributed by atoms with E-state index in [1.165, 1.54) is 0 Å². The summed E-state index contributed by atoms with van der Waals surface area (Å²) < 4.78 is 57.1. The zero-order valence-electron chi connectivity index (χ0n) is 8.69. The van der Waals surface area contributed by atoms with Gasteiger partial charge in [0.05, 0.1) is 17.7 Å². The van der Waals surface area contributed by atoms with E-state index < -0.39 is 53.6 Å². The Balaban J connectivity index is 3.27. The van der Waals surface area contributed by atoms with Gasteiger partial charge in [0, 0.05) is 6.92 Å². The van der Waals surface area contributed by atoms with Crippen LogP contribution in [0.25, 0.3) is 0 Å². The molecule has 0 aliphatic heterocycles. The van der Waals surface area contributed by atoms with E-state index in [1.807, 2.05) is 0 Å². The van der Waals surface area contributed by atoms with E-state index in [-0.39, 0.29) is 0 Å². The van der Waals surface area contributed by atoms with Crippen molar-refractivity contribution in [2.45, 2.75) is 20.1 Å². The molecule has 1 N–H and O–H groups in total. The number of aliphatic hydroxyl groups is 1. The molecular weight excluding hydrogens is 244 g/mol. The molecule has 1 rings (SSSR count). The molecule has 0 aliphatic rings. The van der Waals surface area contributed by atoms with Crippen LogP contribution in [0.2, 0.25) is 0 Å². The predicted octanol–water partition coefficient (Wildman–Crippen LogP) is 1.80. The first-order chi connectivity index (χ1) is 7.90. The minimum Gasteiger partial charge on any atom is -0.461 e. The maximum absolute atomic E-state index is 13.3. The molecule has 0 atom stereocenters. The molecule has 0 amide bonds. The van der Waals surface area contributed by atoms with Gasteiger partial charge in [-0.2, -0.15) is 0 Å². The van der Waals surface area contributed by atoms with Gasteiger partial charge < -0.3 is 9.84 Å². The van der Waals surface area contributed by atoms with Crippen molar-refractivity contribution in [3.8, 4) is 0 Å². The topological polar surface area (TPSA) is 46.5 Å². The van der Waals surface area contributed by atoms with E-state index in [9.17, 15) is 22.4 Å². The highest BCUT2D eigenvalue weighted by atomic mass is 19.2. The van der Waals surface area contributed by atoms with Gasteiger partial charge in [-0.05, 0) is 0 Å². The lowest BCUT2D eigenvalue weighted by atomic mass is 10.1. The maximum atomic E-state index is 13.3. The minimum absolute atomic E-state index is 0.851. The fraction of sp³-hybridized carbons (Fsp3) is 0.300. The van der Waals surface area contributed by atoms with Gasteiger partial charge >= 0.3 is 5.97 Å². The average molecular weight is 252 g/mol. The number of carbonyl (C=O) groups excluding carboxylic acids is 1. The Morgan fingerprint density at radius 2 is 1.47 bits per heavy atom. The van der Waals surface area contributed by atoms with Crippen LogP contribution in [0.3, 0.4) is 0 Å². The van der Waals surface area contributed by atoms with Crippen molar-refractivity contribution in [3.05, 3.63) is 34.4 Å². The van der Waals surface area contributed by atoms with Crippen molar-refractivity contribution in [2.75, 3.05) is 0 Å². The van der Waals surface area contributed by atoms with E-state index in [0.29, 0.717) is 0 Å². The second-order valence-electron chi connectivity index (χ2n) is 3.15. The van der Waals surface area contributed by atoms with Crippen LogP contribution in [0.15, 0.2) is 0 Å². The van der Waals surface area contributed by atoms with Crippen molar-refractivity contribution >= 4 is 5.97 Å². The summed E-state index contributed by atoms with van der Waals surface area (Å²) in [6.07, 6.45) is 0. The zero-order valence-corrected chi connectivity index (χ0v) is 8.69. The van der Waals surface area contributed by atoms with Crippen LogP contribution in [0, 0.1) is 23.3 Å². The molecule has 0 heterocycles. The number of aliphatic hydroxyl groups excluding tert-OH is 1. The Labute approximate surface area is 93.6 Å². The minimum atomic E-state index is -1.70. The van der Waals surface area contributed by atoms with E-state index in [2.05, 4.69) is 4.74 Å². The molecule has 0 radical (unpaired) electrons. The van der Waals surface area contributed by atoms with Crippen LogP contribution in [-0.4, -0.2) is 11.1 Å². The molecule has 0 unspecified atom stereocenters. The molecule has 7 heteroatoms.